The molecule has 0 radical (unpaired) electrons. The van der Waals surface area contributed by atoms with Crippen molar-refractivity contribution in [1.29, 1.82) is 0 Å². The second kappa shape index (κ2) is 5.54. The van der Waals surface area contributed by atoms with Gasteiger partial charge in [0.15, 0.2) is 0 Å². The van der Waals surface area contributed by atoms with Gasteiger partial charge in [0.1, 0.15) is 11.6 Å². The maximum Gasteiger partial charge on any atom is 0.133 e. The lowest BCUT2D eigenvalue weighted by atomic mass is 10.2. The van der Waals surface area contributed by atoms with E-state index in [1.165, 1.54) is 0 Å². The van der Waals surface area contributed by atoms with Gasteiger partial charge < -0.3 is 10.6 Å². The highest BCUT2D eigenvalue weighted by Gasteiger charge is 2.21. The summed E-state index contributed by atoms with van der Waals surface area (Å²) in [4.78, 5) is 15.8. The first-order valence-corrected chi connectivity index (χ1v) is 7.06. The first-order chi connectivity index (χ1) is 9.76. The van der Waals surface area contributed by atoms with E-state index in [2.05, 4.69) is 26.8 Å². The average molecular weight is 269 g/mol. The zero-order valence-electron chi connectivity index (χ0n) is 11.7. The molecule has 0 saturated carbocycles. The molecule has 1 aliphatic rings. The molecule has 20 heavy (non-hydrogen) atoms. The van der Waals surface area contributed by atoms with Crippen LogP contribution >= 0.6 is 0 Å². The predicted molar refractivity (Wildman–Crippen MR) is 79.4 cm³/mol. The molecule has 3 heterocycles. The Bertz CT molecular complexity index is 584. The summed E-state index contributed by atoms with van der Waals surface area (Å²) in [5.74, 6) is 1.81. The molecular weight excluding hydrogens is 250 g/mol. The van der Waals surface area contributed by atoms with Crippen LogP contribution in [0.3, 0.4) is 0 Å². The molecule has 104 valence electrons. The quantitative estimate of drug-likeness (QED) is 0.917. The molecule has 0 spiro atoms. The van der Waals surface area contributed by atoms with Gasteiger partial charge in [-0.2, -0.15) is 0 Å². The lowest BCUT2D eigenvalue weighted by Crippen LogP contribution is -2.27. The van der Waals surface area contributed by atoms with Gasteiger partial charge >= 0.3 is 0 Å². The van der Waals surface area contributed by atoms with Gasteiger partial charge in [0.05, 0.1) is 11.4 Å². The monoisotopic (exact) mass is 269 g/mol. The zero-order chi connectivity index (χ0) is 13.9. The molecule has 0 aromatic carbocycles. The van der Waals surface area contributed by atoms with Crippen molar-refractivity contribution in [3.05, 3.63) is 36.3 Å². The number of anilines is 1. The number of nitrogens with two attached hydrogens (primary N) is 1. The Morgan fingerprint density at radius 2 is 2.20 bits per heavy atom. The maximum absolute atomic E-state index is 5.98. The molecule has 0 bridgehead atoms. The number of hydrogen-bond acceptors (Lipinski definition) is 5. The van der Waals surface area contributed by atoms with Crippen LogP contribution in [0.1, 0.15) is 19.2 Å². The van der Waals surface area contributed by atoms with Gasteiger partial charge in [-0.05, 0) is 18.6 Å². The number of nitrogens with zero attached hydrogens (tertiary/aromatic N) is 4. The van der Waals surface area contributed by atoms with Gasteiger partial charge in [-0.25, -0.2) is 9.97 Å². The lowest BCUT2D eigenvalue weighted by molar-refractivity contribution is 0.751. The standard InChI is InChI=1S/C15H19N5/c1-2-14-18-13(12-5-3-4-7-17-12)9-15(19-14)20-8-6-11(16)10-20/h3-5,7,9,11H,2,6,8,10,16H2,1H3. The van der Waals surface area contributed by atoms with Crippen molar-refractivity contribution in [2.24, 2.45) is 5.73 Å². The largest absolute Gasteiger partial charge is 0.355 e. The van der Waals surface area contributed by atoms with Gasteiger partial charge in [0, 0.05) is 37.8 Å². The number of aryl methyl sites for hydroxylation is 1. The van der Waals surface area contributed by atoms with Crippen LogP contribution in [0.15, 0.2) is 30.5 Å². The maximum atomic E-state index is 5.98. The van der Waals surface area contributed by atoms with Crippen molar-refractivity contribution in [2.75, 3.05) is 18.0 Å². The Kier molecular flexibility index (Phi) is 3.60. The second-order valence-corrected chi connectivity index (χ2v) is 5.09. The first kappa shape index (κ1) is 13.0. The smallest absolute Gasteiger partial charge is 0.133 e. The molecule has 2 N–H and O–H groups in total. The van der Waals surface area contributed by atoms with E-state index in [-0.39, 0.29) is 6.04 Å². The number of pyridine rings is 1. The third-order valence-corrected chi connectivity index (χ3v) is 3.55. The SMILES string of the molecule is CCc1nc(-c2ccccn2)cc(N2CCC(N)C2)n1. The van der Waals surface area contributed by atoms with E-state index < -0.39 is 0 Å². The Balaban J connectivity index is 1.99. The van der Waals surface area contributed by atoms with Crippen molar-refractivity contribution in [3.63, 3.8) is 0 Å². The third-order valence-electron chi connectivity index (χ3n) is 3.55. The molecule has 0 amide bonds. The predicted octanol–water partition coefficient (Wildman–Crippen LogP) is 1.64. The molecule has 5 nitrogen and oxygen atoms in total. The highest BCUT2D eigenvalue weighted by Crippen LogP contribution is 2.23. The van der Waals surface area contributed by atoms with Crippen molar-refractivity contribution >= 4 is 5.82 Å². The van der Waals surface area contributed by atoms with Crippen molar-refractivity contribution in [2.45, 2.75) is 25.8 Å². The van der Waals surface area contributed by atoms with Crippen LogP contribution in [0.4, 0.5) is 5.82 Å². The fourth-order valence-corrected chi connectivity index (χ4v) is 2.44. The van der Waals surface area contributed by atoms with Crippen molar-refractivity contribution in [3.8, 4) is 11.4 Å². The van der Waals surface area contributed by atoms with Gasteiger partial charge in [-0.1, -0.05) is 13.0 Å². The number of rotatable bonds is 3. The Hall–Kier alpha value is -2.01. The van der Waals surface area contributed by atoms with Crippen LogP contribution in [-0.2, 0) is 6.42 Å². The molecule has 1 aliphatic heterocycles. The van der Waals surface area contributed by atoms with Gasteiger partial charge in [-0.3, -0.25) is 4.98 Å². The highest BCUT2D eigenvalue weighted by atomic mass is 15.2. The molecule has 1 unspecified atom stereocenters. The van der Waals surface area contributed by atoms with E-state index in [0.717, 1.165) is 49.0 Å². The molecule has 1 fully saturated rings. The Morgan fingerprint density at radius 3 is 2.85 bits per heavy atom. The average Bonchev–Trinajstić information content (AvgIpc) is 2.94. The lowest BCUT2D eigenvalue weighted by Gasteiger charge is -2.18. The summed E-state index contributed by atoms with van der Waals surface area (Å²) >= 11 is 0. The minimum atomic E-state index is 0.244. The summed E-state index contributed by atoms with van der Waals surface area (Å²) in [6.45, 7) is 3.89. The van der Waals surface area contributed by atoms with Crippen molar-refractivity contribution < 1.29 is 0 Å². The van der Waals surface area contributed by atoms with Crippen molar-refractivity contribution in [1.82, 2.24) is 15.0 Å². The fraction of sp³-hybridized carbons (Fsp3) is 0.400. The van der Waals surface area contributed by atoms with Crippen LogP contribution in [0.5, 0.6) is 0 Å². The summed E-state index contributed by atoms with van der Waals surface area (Å²) in [5.41, 5.74) is 7.75. The van der Waals surface area contributed by atoms with E-state index in [4.69, 9.17) is 5.73 Å². The topological polar surface area (TPSA) is 67.9 Å². The summed E-state index contributed by atoms with van der Waals surface area (Å²) in [6.07, 6.45) is 3.62. The van der Waals surface area contributed by atoms with Crippen LogP contribution in [-0.4, -0.2) is 34.1 Å². The summed E-state index contributed by atoms with van der Waals surface area (Å²) in [5, 5.41) is 0. The van der Waals surface area contributed by atoms with E-state index in [9.17, 15) is 0 Å². The van der Waals surface area contributed by atoms with Crippen LogP contribution in [0, 0.1) is 0 Å². The summed E-state index contributed by atoms with van der Waals surface area (Å²) < 4.78 is 0. The van der Waals surface area contributed by atoms with Crippen LogP contribution < -0.4 is 10.6 Å². The third kappa shape index (κ3) is 2.63. The van der Waals surface area contributed by atoms with Gasteiger partial charge in [0.25, 0.3) is 0 Å². The molecule has 3 rings (SSSR count). The number of aromatic nitrogens is 3. The summed E-state index contributed by atoms with van der Waals surface area (Å²) in [7, 11) is 0. The minimum absolute atomic E-state index is 0.244. The molecule has 5 heteroatoms. The zero-order valence-corrected chi connectivity index (χ0v) is 11.7. The molecule has 0 aliphatic carbocycles. The van der Waals surface area contributed by atoms with Crippen LogP contribution in [0.2, 0.25) is 0 Å². The van der Waals surface area contributed by atoms with E-state index in [1.54, 1.807) is 6.20 Å². The minimum Gasteiger partial charge on any atom is -0.355 e. The molecule has 2 aromatic rings. The Labute approximate surface area is 118 Å². The number of hydrogen-bond donors (Lipinski definition) is 1. The second-order valence-electron chi connectivity index (χ2n) is 5.09. The van der Waals surface area contributed by atoms with E-state index in [0.29, 0.717) is 0 Å². The Morgan fingerprint density at radius 1 is 1.30 bits per heavy atom. The highest BCUT2D eigenvalue weighted by molar-refractivity contribution is 5.59. The molecule has 1 atom stereocenters. The summed E-state index contributed by atoms with van der Waals surface area (Å²) in [6, 6.07) is 8.11. The van der Waals surface area contributed by atoms with Gasteiger partial charge in [-0.15, -0.1) is 0 Å². The fourth-order valence-electron chi connectivity index (χ4n) is 2.44. The van der Waals surface area contributed by atoms with Gasteiger partial charge in [0.2, 0.25) is 0 Å². The van der Waals surface area contributed by atoms with Crippen LogP contribution in [0.25, 0.3) is 11.4 Å². The molecule has 2 aromatic heterocycles. The van der Waals surface area contributed by atoms with E-state index in [1.807, 2.05) is 24.3 Å². The molecular formula is C15H19N5. The van der Waals surface area contributed by atoms with E-state index >= 15 is 0 Å². The first-order valence-electron chi connectivity index (χ1n) is 7.06. The molecule has 1 saturated heterocycles. The normalized spacial score (nSPS) is 18.5.